The second-order valence-corrected chi connectivity index (χ2v) is 7.00. The molecule has 2 aromatic rings. The summed E-state index contributed by atoms with van der Waals surface area (Å²) in [5, 5.41) is 3.05. The quantitative estimate of drug-likeness (QED) is 0.727. The van der Waals surface area contributed by atoms with Gasteiger partial charge in [0.05, 0.1) is 16.3 Å². The van der Waals surface area contributed by atoms with Crippen LogP contribution in [0.3, 0.4) is 0 Å². The van der Waals surface area contributed by atoms with Crippen molar-refractivity contribution in [2.45, 2.75) is 6.18 Å². The zero-order valence-corrected chi connectivity index (χ0v) is 16.4. The molecule has 11 heteroatoms. The van der Waals surface area contributed by atoms with Crippen molar-refractivity contribution in [3.8, 4) is 0 Å². The van der Waals surface area contributed by atoms with Crippen LogP contribution in [0.1, 0.15) is 10.4 Å². The highest BCUT2D eigenvalue weighted by Crippen LogP contribution is 2.30. The van der Waals surface area contributed by atoms with Crippen molar-refractivity contribution in [2.75, 3.05) is 36.4 Å². The Hall–Kier alpha value is -2.52. The number of alkyl halides is 3. The molecule has 0 saturated carbocycles. The summed E-state index contributed by atoms with van der Waals surface area (Å²) in [6, 6.07) is 7.93. The van der Waals surface area contributed by atoms with E-state index in [9.17, 15) is 22.8 Å². The third-order valence-corrected chi connectivity index (χ3v) is 4.96. The smallest absolute Gasteiger partial charge is 0.367 e. The van der Waals surface area contributed by atoms with Crippen LogP contribution in [-0.2, 0) is 4.79 Å². The van der Waals surface area contributed by atoms with Crippen LogP contribution >= 0.6 is 23.2 Å². The lowest BCUT2D eigenvalue weighted by Gasteiger charge is -2.36. The van der Waals surface area contributed by atoms with Gasteiger partial charge in [-0.05, 0) is 30.3 Å². The van der Waals surface area contributed by atoms with E-state index in [2.05, 4.69) is 10.3 Å². The van der Waals surface area contributed by atoms with Gasteiger partial charge in [0, 0.05) is 38.1 Å². The van der Waals surface area contributed by atoms with Gasteiger partial charge in [-0.3, -0.25) is 9.59 Å². The Morgan fingerprint density at radius 3 is 2.34 bits per heavy atom. The van der Waals surface area contributed by atoms with E-state index in [0.717, 1.165) is 4.90 Å². The number of halogens is 5. The number of carbonyl (C=O) groups is 2. The molecule has 2 heterocycles. The third kappa shape index (κ3) is 4.91. The second-order valence-electron chi connectivity index (χ2n) is 6.24. The molecule has 6 nitrogen and oxygen atoms in total. The van der Waals surface area contributed by atoms with Crippen molar-refractivity contribution in [1.82, 2.24) is 9.88 Å². The Labute approximate surface area is 174 Å². The largest absolute Gasteiger partial charge is 0.471 e. The van der Waals surface area contributed by atoms with Crippen LogP contribution < -0.4 is 10.2 Å². The summed E-state index contributed by atoms with van der Waals surface area (Å²) in [5.74, 6) is -2.29. The Bertz CT molecular complexity index is 932. The molecule has 0 unspecified atom stereocenters. The monoisotopic (exact) mass is 446 g/mol. The maximum Gasteiger partial charge on any atom is 0.471 e. The van der Waals surface area contributed by atoms with Crippen LogP contribution in [0.25, 0.3) is 0 Å². The van der Waals surface area contributed by atoms with E-state index >= 15 is 0 Å². The zero-order chi connectivity index (χ0) is 21.2. The molecule has 0 atom stereocenters. The molecule has 3 rings (SSSR count). The van der Waals surface area contributed by atoms with E-state index in [0.29, 0.717) is 16.4 Å². The molecule has 0 spiro atoms. The standard InChI is InChI=1S/C18H15Cl2F3N4O2/c19-13-10-11(25-16(28)12-2-1-5-24-15(12)20)3-4-14(13)26-6-8-27(9-7-26)17(29)18(21,22)23/h1-5,10H,6-9H2,(H,25,28). The summed E-state index contributed by atoms with van der Waals surface area (Å²) in [5.41, 5.74) is 1.23. The van der Waals surface area contributed by atoms with Crippen LogP contribution in [0.2, 0.25) is 10.2 Å². The van der Waals surface area contributed by atoms with Gasteiger partial charge in [0.1, 0.15) is 5.15 Å². The highest BCUT2D eigenvalue weighted by Gasteiger charge is 2.43. The molecule has 1 aromatic carbocycles. The fourth-order valence-electron chi connectivity index (χ4n) is 2.92. The lowest BCUT2D eigenvalue weighted by molar-refractivity contribution is -0.185. The van der Waals surface area contributed by atoms with Crippen molar-refractivity contribution < 1.29 is 22.8 Å². The highest BCUT2D eigenvalue weighted by atomic mass is 35.5. The first-order valence-corrected chi connectivity index (χ1v) is 9.25. The predicted octanol–water partition coefficient (Wildman–Crippen LogP) is 3.85. The van der Waals surface area contributed by atoms with E-state index < -0.39 is 18.0 Å². The average molecular weight is 447 g/mol. The summed E-state index contributed by atoms with van der Waals surface area (Å²) < 4.78 is 37.6. The number of amides is 2. The minimum absolute atomic E-state index is 0.0628. The van der Waals surface area contributed by atoms with Crippen molar-refractivity contribution in [1.29, 1.82) is 0 Å². The third-order valence-electron chi connectivity index (χ3n) is 4.36. The summed E-state index contributed by atoms with van der Waals surface area (Å²) in [4.78, 5) is 30.0. The van der Waals surface area contributed by atoms with Gasteiger partial charge in [0.25, 0.3) is 5.91 Å². The van der Waals surface area contributed by atoms with Gasteiger partial charge in [0.15, 0.2) is 0 Å². The minimum atomic E-state index is -4.88. The molecule has 1 aliphatic rings. The molecule has 0 radical (unpaired) electrons. The lowest BCUT2D eigenvalue weighted by Crippen LogP contribution is -2.52. The number of hydrogen-bond donors (Lipinski definition) is 1. The van der Waals surface area contributed by atoms with Gasteiger partial charge in [-0.15, -0.1) is 0 Å². The van der Waals surface area contributed by atoms with Crippen LogP contribution in [-0.4, -0.2) is 54.1 Å². The molecule has 1 fully saturated rings. The first kappa shape index (κ1) is 21.2. The first-order chi connectivity index (χ1) is 13.7. The number of anilines is 2. The van der Waals surface area contributed by atoms with Crippen molar-refractivity contribution in [3.63, 3.8) is 0 Å². The Morgan fingerprint density at radius 1 is 1.07 bits per heavy atom. The maximum absolute atomic E-state index is 12.5. The zero-order valence-electron chi connectivity index (χ0n) is 14.8. The van der Waals surface area contributed by atoms with E-state index in [1.54, 1.807) is 23.1 Å². The fourth-order valence-corrected chi connectivity index (χ4v) is 3.43. The topological polar surface area (TPSA) is 65.5 Å². The van der Waals surface area contributed by atoms with E-state index in [-0.39, 0.29) is 36.9 Å². The average Bonchev–Trinajstić information content (AvgIpc) is 2.67. The van der Waals surface area contributed by atoms with Crippen LogP contribution in [0.15, 0.2) is 36.5 Å². The number of rotatable bonds is 3. The molecule has 29 heavy (non-hydrogen) atoms. The molecular formula is C18H15Cl2F3N4O2. The number of nitrogens with zero attached hydrogens (tertiary/aromatic N) is 3. The molecule has 1 saturated heterocycles. The lowest BCUT2D eigenvalue weighted by atomic mass is 10.2. The molecule has 1 N–H and O–H groups in total. The summed E-state index contributed by atoms with van der Waals surface area (Å²) in [6.07, 6.45) is -3.41. The van der Waals surface area contributed by atoms with Crippen molar-refractivity contribution >= 4 is 46.4 Å². The van der Waals surface area contributed by atoms with Crippen LogP contribution in [0.4, 0.5) is 24.5 Å². The molecule has 2 amide bonds. The number of hydrogen-bond acceptors (Lipinski definition) is 4. The van der Waals surface area contributed by atoms with Gasteiger partial charge in [-0.25, -0.2) is 4.98 Å². The number of benzene rings is 1. The number of piperazine rings is 1. The summed E-state index contributed by atoms with van der Waals surface area (Å²) in [6.45, 7) is 0.288. The Balaban J connectivity index is 1.65. The van der Waals surface area contributed by atoms with Crippen molar-refractivity contribution in [3.05, 3.63) is 52.3 Å². The van der Waals surface area contributed by atoms with Gasteiger partial charge < -0.3 is 15.1 Å². The molecule has 0 aliphatic carbocycles. The van der Waals surface area contributed by atoms with Crippen LogP contribution in [0.5, 0.6) is 0 Å². The highest BCUT2D eigenvalue weighted by molar-refractivity contribution is 6.34. The van der Waals surface area contributed by atoms with E-state index in [4.69, 9.17) is 23.2 Å². The second kappa shape index (κ2) is 8.46. The van der Waals surface area contributed by atoms with Gasteiger partial charge >= 0.3 is 12.1 Å². The molecule has 154 valence electrons. The first-order valence-electron chi connectivity index (χ1n) is 8.49. The maximum atomic E-state index is 12.5. The van der Waals surface area contributed by atoms with Crippen LogP contribution in [0, 0.1) is 0 Å². The van der Waals surface area contributed by atoms with E-state index in [1.807, 2.05) is 0 Å². The van der Waals surface area contributed by atoms with Crippen molar-refractivity contribution in [2.24, 2.45) is 0 Å². The van der Waals surface area contributed by atoms with Gasteiger partial charge in [-0.2, -0.15) is 13.2 Å². The minimum Gasteiger partial charge on any atom is -0.367 e. The number of carbonyl (C=O) groups excluding carboxylic acids is 2. The molecule has 1 aromatic heterocycles. The van der Waals surface area contributed by atoms with Gasteiger partial charge in [0.2, 0.25) is 0 Å². The predicted molar refractivity (Wildman–Crippen MR) is 104 cm³/mol. The SMILES string of the molecule is O=C(Nc1ccc(N2CCN(C(=O)C(F)(F)F)CC2)c(Cl)c1)c1cccnc1Cl. The number of aromatic nitrogens is 1. The normalized spacial score (nSPS) is 14.7. The number of pyridine rings is 1. The number of nitrogens with one attached hydrogen (secondary N) is 1. The summed E-state index contributed by atoms with van der Waals surface area (Å²) >= 11 is 12.2. The Kier molecular flexibility index (Phi) is 6.18. The Morgan fingerprint density at radius 2 is 1.76 bits per heavy atom. The van der Waals surface area contributed by atoms with Gasteiger partial charge in [-0.1, -0.05) is 23.2 Å². The molecule has 0 bridgehead atoms. The summed E-state index contributed by atoms with van der Waals surface area (Å²) in [7, 11) is 0. The van der Waals surface area contributed by atoms with E-state index in [1.165, 1.54) is 18.3 Å². The fraction of sp³-hybridized carbons (Fsp3) is 0.278. The molecular weight excluding hydrogens is 432 g/mol. The molecule has 1 aliphatic heterocycles.